The van der Waals surface area contributed by atoms with Crippen molar-refractivity contribution >= 4 is 11.9 Å². The van der Waals surface area contributed by atoms with Crippen molar-refractivity contribution in [2.24, 2.45) is 11.8 Å². The van der Waals surface area contributed by atoms with Crippen molar-refractivity contribution in [3.8, 4) is 0 Å². The minimum Gasteiger partial charge on any atom is -0.469 e. The molecule has 1 saturated heterocycles. The number of rotatable bonds is 6. The summed E-state index contributed by atoms with van der Waals surface area (Å²) >= 11 is 0. The van der Waals surface area contributed by atoms with Gasteiger partial charge in [0.2, 0.25) is 0 Å². The second-order valence-electron chi connectivity index (χ2n) is 6.52. The zero-order valence-corrected chi connectivity index (χ0v) is 14.9. The molecular formula is C19H27NO4. The lowest BCUT2D eigenvalue weighted by molar-refractivity contribution is -0.151. The molecule has 5 heteroatoms. The average Bonchev–Trinajstić information content (AvgIpc) is 2.93. The Bertz CT molecular complexity index is 574. The monoisotopic (exact) mass is 333 g/mol. The Kier molecular flexibility index (Phi) is 5.99. The molecule has 1 aromatic rings. The topological polar surface area (TPSA) is 64.6 Å². The molecule has 0 spiro atoms. The van der Waals surface area contributed by atoms with Crippen LogP contribution in [-0.4, -0.2) is 31.7 Å². The summed E-state index contributed by atoms with van der Waals surface area (Å²) in [4.78, 5) is 25.1. The lowest BCUT2D eigenvalue weighted by Gasteiger charge is -2.30. The third kappa shape index (κ3) is 3.31. The number of unbranched alkanes of at least 4 members (excludes halogenated alkanes) is 1. The van der Waals surface area contributed by atoms with Gasteiger partial charge in [-0.3, -0.25) is 14.9 Å². The molecule has 1 fully saturated rings. The summed E-state index contributed by atoms with van der Waals surface area (Å²) < 4.78 is 10.1. The van der Waals surface area contributed by atoms with Crippen LogP contribution in [0, 0.1) is 11.8 Å². The third-order valence-corrected chi connectivity index (χ3v) is 5.10. The molecule has 0 radical (unpaired) electrons. The first-order valence-corrected chi connectivity index (χ1v) is 8.48. The van der Waals surface area contributed by atoms with Gasteiger partial charge in [-0.2, -0.15) is 0 Å². The lowest BCUT2D eigenvalue weighted by Crippen LogP contribution is -2.51. The van der Waals surface area contributed by atoms with E-state index >= 15 is 0 Å². The van der Waals surface area contributed by atoms with Crippen LogP contribution < -0.4 is 5.32 Å². The van der Waals surface area contributed by atoms with Crippen LogP contribution in [0.5, 0.6) is 0 Å². The van der Waals surface area contributed by atoms with Crippen molar-refractivity contribution in [2.45, 2.75) is 44.7 Å². The van der Waals surface area contributed by atoms with E-state index in [-0.39, 0.29) is 23.9 Å². The van der Waals surface area contributed by atoms with Crippen LogP contribution >= 0.6 is 0 Å². The van der Waals surface area contributed by atoms with Gasteiger partial charge in [0.25, 0.3) is 0 Å². The Labute approximate surface area is 143 Å². The smallest absolute Gasteiger partial charge is 0.326 e. The van der Waals surface area contributed by atoms with Crippen molar-refractivity contribution < 1.29 is 19.1 Å². The molecule has 4 atom stereocenters. The fourth-order valence-electron chi connectivity index (χ4n) is 3.81. The van der Waals surface area contributed by atoms with Crippen LogP contribution in [0.25, 0.3) is 0 Å². The van der Waals surface area contributed by atoms with Crippen molar-refractivity contribution in [2.75, 3.05) is 14.2 Å². The van der Waals surface area contributed by atoms with Gasteiger partial charge in [0.05, 0.1) is 20.1 Å². The van der Waals surface area contributed by atoms with E-state index in [1.54, 1.807) is 0 Å². The largest absolute Gasteiger partial charge is 0.469 e. The summed E-state index contributed by atoms with van der Waals surface area (Å²) in [7, 11) is 2.78. The quantitative estimate of drug-likeness (QED) is 0.811. The number of hydrogen-bond acceptors (Lipinski definition) is 5. The maximum Gasteiger partial charge on any atom is 0.326 e. The summed E-state index contributed by atoms with van der Waals surface area (Å²) in [5.74, 6) is -1.23. The van der Waals surface area contributed by atoms with Crippen molar-refractivity contribution in [1.29, 1.82) is 0 Å². The second kappa shape index (κ2) is 7.79. The van der Waals surface area contributed by atoms with Gasteiger partial charge in [-0.05, 0) is 18.9 Å². The molecule has 1 aromatic carbocycles. The van der Waals surface area contributed by atoms with Gasteiger partial charge in [-0.1, -0.05) is 50.1 Å². The molecule has 0 unspecified atom stereocenters. The number of hydrogen-bond donors (Lipinski definition) is 1. The highest BCUT2D eigenvalue weighted by atomic mass is 16.5. The highest BCUT2D eigenvalue weighted by Gasteiger charge is 2.58. The molecule has 0 saturated carbocycles. The number of methoxy groups -OCH3 is 2. The Balaban J connectivity index is 2.47. The summed E-state index contributed by atoms with van der Waals surface area (Å²) in [6.45, 7) is 3.93. The summed E-state index contributed by atoms with van der Waals surface area (Å²) in [6, 6.07) is 9.45. The van der Waals surface area contributed by atoms with E-state index in [0.717, 1.165) is 24.8 Å². The SMILES string of the molecule is CCCC[C@@H]1[C@@H](C(=O)OC)[C@@H](c2ccccc2)N[C@@]1(C)C(=O)OC. The molecular weight excluding hydrogens is 306 g/mol. The summed E-state index contributed by atoms with van der Waals surface area (Å²) in [5, 5.41) is 3.38. The Morgan fingerprint density at radius 1 is 1.17 bits per heavy atom. The molecule has 1 N–H and O–H groups in total. The van der Waals surface area contributed by atoms with Gasteiger partial charge in [-0.25, -0.2) is 0 Å². The minimum absolute atomic E-state index is 0.178. The molecule has 0 aliphatic carbocycles. The number of esters is 2. The zero-order valence-electron chi connectivity index (χ0n) is 14.9. The first-order valence-electron chi connectivity index (χ1n) is 8.48. The maximum absolute atomic E-state index is 12.6. The van der Waals surface area contributed by atoms with E-state index in [1.165, 1.54) is 14.2 Å². The lowest BCUT2D eigenvalue weighted by atomic mass is 9.76. The van der Waals surface area contributed by atoms with Crippen LogP contribution in [-0.2, 0) is 19.1 Å². The normalized spacial score (nSPS) is 29.2. The molecule has 1 aliphatic heterocycles. The Morgan fingerprint density at radius 3 is 2.38 bits per heavy atom. The predicted octanol–water partition coefficient (Wildman–Crippen LogP) is 2.86. The highest BCUT2D eigenvalue weighted by Crippen LogP contribution is 2.46. The van der Waals surface area contributed by atoms with Crippen molar-refractivity contribution in [3.63, 3.8) is 0 Å². The van der Waals surface area contributed by atoms with Crippen molar-refractivity contribution in [3.05, 3.63) is 35.9 Å². The van der Waals surface area contributed by atoms with E-state index < -0.39 is 11.5 Å². The molecule has 2 rings (SSSR count). The number of ether oxygens (including phenoxy) is 2. The molecule has 1 heterocycles. The predicted molar refractivity (Wildman–Crippen MR) is 91.3 cm³/mol. The van der Waals surface area contributed by atoms with Gasteiger partial charge >= 0.3 is 11.9 Å². The minimum atomic E-state index is -0.913. The molecule has 0 bridgehead atoms. The van der Waals surface area contributed by atoms with Crippen LogP contribution in [0.15, 0.2) is 30.3 Å². The molecule has 1 aliphatic rings. The van der Waals surface area contributed by atoms with E-state index in [1.807, 2.05) is 37.3 Å². The van der Waals surface area contributed by atoms with Crippen molar-refractivity contribution in [1.82, 2.24) is 5.32 Å². The van der Waals surface area contributed by atoms with E-state index in [2.05, 4.69) is 12.2 Å². The molecule has 132 valence electrons. The standard InChI is InChI=1S/C19H27NO4/c1-5-6-12-14-15(17(21)23-3)16(13-10-8-7-9-11-13)20-19(14,2)18(22)24-4/h7-11,14-16,20H,5-6,12H2,1-4H3/t14-,15-,16-,19-/m1/s1. The fourth-order valence-corrected chi connectivity index (χ4v) is 3.81. The second-order valence-corrected chi connectivity index (χ2v) is 6.52. The Morgan fingerprint density at radius 2 is 1.83 bits per heavy atom. The molecule has 5 nitrogen and oxygen atoms in total. The number of carbonyl (C=O) groups excluding carboxylic acids is 2. The van der Waals surface area contributed by atoms with Crippen LogP contribution in [0.4, 0.5) is 0 Å². The van der Waals surface area contributed by atoms with E-state index in [0.29, 0.717) is 0 Å². The third-order valence-electron chi connectivity index (χ3n) is 5.10. The van der Waals surface area contributed by atoms with Gasteiger partial charge in [0, 0.05) is 12.0 Å². The number of nitrogens with one attached hydrogen (secondary N) is 1. The van der Waals surface area contributed by atoms with Crippen LogP contribution in [0.3, 0.4) is 0 Å². The molecule has 0 aromatic heterocycles. The zero-order chi connectivity index (χ0) is 17.7. The highest BCUT2D eigenvalue weighted by molar-refractivity contribution is 5.85. The van der Waals surface area contributed by atoms with Gasteiger partial charge in [0.15, 0.2) is 0 Å². The maximum atomic E-state index is 12.6. The Hall–Kier alpha value is -1.88. The first-order chi connectivity index (χ1) is 11.5. The van der Waals surface area contributed by atoms with Gasteiger partial charge in [-0.15, -0.1) is 0 Å². The van der Waals surface area contributed by atoms with E-state index in [4.69, 9.17) is 9.47 Å². The molecule has 24 heavy (non-hydrogen) atoms. The summed E-state index contributed by atoms with van der Waals surface area (Å²) in [6.07, 6.45) is 2.70. The van der Waals surface area contributed by atoms with Gasteiger partial charge < -0.3 is 9.47 Å². The van der Waals surface area contributed by atoms with Crippen LogP contribution in [0.2, 0.25) is 0 Å². The fraction of sp³-hybridized carbons (Fsp3) is 0.579. The molecule has 0 amide bonds. The number of carbonyl (C=O) groups is 2. The van der Waals surface area contributed by atoms with E-state index in [9.17, 15) is 9.59 Å². The first kappa shape index (κ1) is 18.5. The average molecular weight is 333 g/mol. The van der Waals surface area contributed by atoms with Crippen LogP contribution in [0.1, 0.15) is 44.7 Å². The number of benzene rings is 1. The summed E-state index contributed by atoms with van der Waals surface area (Å²) in [5.41, 5.74) is 0.0607. The van der Waals surface area contributed by atoms with Gasteiger partial charge in [0.1, 0.15) is 5.54 Å².